The zero-order valence-electron chi connectivity index (χ0n) is 12.8. The summed E-state index contributed by atoms with van der Waals surface area (Å²) in [5.41, 5.74) is 0.676. The number of hydrogen-bond donors (Lipinski definition) is 1. The molecule has 1 aromatic carbocycles. The Morgan fingerprint density at radius 3 is 2.59 bits per heavy atom. The average molecular weight is 340 g/mol. The minimum atomic E-state index is -0.0845. The van der Waals surface area contributed by atoms with E-state index in [0.29, 0.717) is 22.9 Å². The van der Waals surface area contributed by atoms with Gasteiger partial charge >= 0.3 is 0 Å². The number of thioether (sulfide) groups is 1. The number of rotatable bonds is 5. The zero-order valence-corrected chi connectivity index (χ0v) is 14.4. The number of amides is 1. The Balaban J connectivity index is 1.85. The molecule has 2 rings (SSSR count). The number of nitrogens with zero attached hydrogens (tertiary/aromatic N) is 1. The van der Waals surface area contributed by atoms with E-state index in [1.807, 2.05) is 0 Å². The van der Waals surface area contributed by atoms with Crippen LogP contribution in [0.25, 0.3) is 0 Å². The van der Waals surface area contributed by atoms with Gasteiger partial charge in [-0.05, 0) is 25.0 Å². The van der Waals surface area contributed by atoms with Crippen molar-refractivity contribution in [3.63, 3.8) is 0 Å². The molecule has 1 amide bonds. The van der Waals surface area contributed by atoms with Crippen LogP contribution in [0.1, 0.15) is 12.8 Å². The van der Waals surface area contributed by atoms with E-state index in [-0.39, 0.29) is 5.91 Å². The second kappa shape index (κ2) is 8.24. The summed E-state index contributed by atoms with van der Waals surface area (Å²) in [4.78, 5) is 14.2. The van der Waals surface area contributed by atoms with Crippen LogP contribution in [-0.2, 0) is 4.79 Å². The van der Waals surface area contributed by atoms with Crippen molar-refractivity contribution < 1.29 is 14.3 Å². The number of carbonyl (C=O) groups is 1. The first-order valence-electron chi connectivity index (χ1n) is 7.07. The highest BCUT2D eigenvalue weighted by Crippen LogP contribution is 2.29. The lowest BCUT2D eigenvalue weighted by molar-refractivity contribution is -0.113. The van der Waals surface area contributed by atoms with Crippen molar-refractivity contribution >= 4 is 39.9 Å². The van der Waals surface area contributed by atoms with Crippen molar-refractivity contribution in [3.05, 3.63) is 18.2 Å². The molecule has 0 radical (unpaired) electrons. The van der Waals surface area contributed by atoms with Crippen molar-refractivity contribution in [1.29, 1.82) is 0 Å². The van der Waals surface area contributed by atoms with Crippen molar-refractivity contribution in [2.45, 2.75) is 12.8 Å². The lowest BCUT2D eigenvalue weighted by Crippen LogP contribution is -2.25. The summed E-state index contributed by atoms with van der Waals surface area (Å²) < 4.78 is 11.2. The topological polar surface area (TPSA) is 50.8 Å². The smallest absolute Gasteiger partial charge is 0.234 e. The Hall–Kier alpha value is -1.47. The highest BCUT2D eigenvalue weighted by molar-refractivity contribution is 8.23. The Bertz CT molecular complexity index is 546. The molecule has 120 valence electrons. The van der Waals surface area contributed by atoms with E-state index in [2.05, 4.69) is 10.2 Å². The van der Waals surface area contributed by atoms with Gasteiger partial charge in [-0.3, -0.25) is 4.79 Å². The lowest BCUT2D eigenvalue weighted by Gasteiger charge is -2.17. The van der Waals surface area contributed by atoms with Gasteiger partial charge in [0.05, 0.1) is 20.0 Å². The molecule has 1 heterocycles. The van der Waals surface area contributed by atoms with E-state index < -0.39 is 0 Å². The molecule has 1 aromatic rings. The van der Waals surface area contributed by atoms with Crippen molar-refractivity contribution in [3.8, 4) is 11.5 Å². The predicted molar refractivity (Wildman–Crippen MR) is 94.0 cm³/mol. The third-order valence-electron chi connectivity index (χ3n) is 3.36. The SMILES string of the molecule is COc1ccc(NC(=O)CSC(=S)N2CCCC2)cc1OC. The van der Waals surface area contributed by atoms with Crippen LogP contribution in [0.2, 0.25) is 0 Å². The van der Waals surface area contributed by atoms with Gasteiger partial charge < -0.3 is 19.7 Å². The van der Waals surface area contributed by atoms with Gasteiger partial charge in [0, 0.05) is 24.8 Å². The molecule has 22 heavy (non-hydrogen) atoms. The molecule has 0 bridgehead atoms. The molecule has 1 N–H and O–H groups in total. The summed E-state index contributed by atoms with van der Waals surface area (Å²) in [5, 5.41) is 2.84. The fraction of sp³-hybridized carbons (Fsp3) is 0.467. The van der Waals surface area contributed by atoms with Gasteiger partial charge in [-0.25, -0.2) is 0 Å². The molecule has 1 aliphatic rings. The number of anilines is 1. The van der Waals surface area contributed by atoms with E-state index in [9.17, 15) is 4.79 Å². The number of ether oxygens (including phenoxy) is 2. The summed E-state index contributed by atoms with van der Waals surface area (Å²) in [7, 11) is 3.14. The second-order valence-corrected chi connectivity index (χ2v) is 6.48. The quantitative estimate of drug-likeness (QED) is 0.832. The fourth-order valence-corrected chi connectivity index (χ4v) is 3.28. The third-order valence-corrected chi connectivity index (χ3v) is 4.88. The van der Waals surface area contributed by atoms with Gasteiger partial charge in [0.15, 0.2) is 11.5 Å². The van der Waals surface area contributed by atoms with Crippen LogP contribution in [0.3, 0.4) is 0 Å². The first kappa shape index (κ1) is 16.9. The highest BCUT2D eigenvalue weighted by Gasteiger charge is 2.16. The largest absolute Gasteiger partial charge is 0.493 e. The van der Waals surface area contributed by atoms with Crippen molar-refractivity contribution in [2.75, 3.05) is 38.4 Å². The monoisotopic (exact) mass is 340 g/mol. The summed E-state index contributed by atoms with van der Waals surface area (Å²) in [5.74, 6) is 1.44. The Morgan fingerprint density at radius 1 is 1.27 bits per heavy atom. The summed E-state index contributed by atoms with van der Waals surface area (Å²) >= 11 is 6.75. The van der Waals surface area contributed by atoms with Gasteiger partial charge in [0.25, 0.3) is 0 Å². The zero-order chi connectivity index (χ0) is 15.9. The maximum atomic E-state index is 12.0. The molecule has 1 saturated heterocycles. The number of carbonyl (C=O) groups excluding carboxylic acids is 1. The number of benzene rings is 1. The van der Waals surface area contributed by atoms with Crippen LogP contribution in [0.5, 0.6) is 11.5 Å². The van der Waals surface area contributed by atoms with Crippen molar-refractivity contribution in [1.82, 2.24) is 4.90 Å². The average Bonchev–Trinajstić information content (AvgIpc) is 3.07. The number of likely N-dealkylation sites (tertiary alicyclic amines) is 1. The predicted octanol–water partition coefficient (Wildman–Crippen LogP) is 2.76. The third kappa shape index (κ3) is 4.51. The van der Waals surface area contributed by atoms with Crippen LogP contribution in [-0.4, -0.2) is 48.2 Å². The van der Waals surface area contributed by atoms with Gasteiger partial charge in [-0.15, -0.1) is 0 Å². The van der Waals surface area contributed by atoms with E-state index >= 15 is 0 Å². The molecule has 0 aromatic heterocycles. The van der Waals surface area contributed by atoms with Crippen LogP contribution in [0, 0.1) is 0 Å². The maximum Gasteiger partial charge on any atom is 0.234 e. The normalized spacial score (nSPS) is 13.8. The first-order chi connectivity index (χ1) is 10.6. The number of nitrogens with one attached hydrogen (secondary N) is 1. The van der Waals surface area contributed by atoms with E-state index in [1.165, 1.54) is 24.6 Å². The minimum Gasteiger partial charge on any atom is -0.493 e. The summed E-state index contributed by atoms with van der Waals surface area (Å²) in [6.45, 7) is 2.01. The standard InChI is InChI=1S/C15H20N2O3S2/c1-19-12-6-5-11(9-13(12)20-2)16-14(18)10-22-15(21)17-7-3-4-8-17/h5-6,9H,3-4,7-8,10H2,1-2H3,(H,16,18). The van der Waals surface area contributed by atoms with Gasteiger partial charge in [0.2, 0.25) is 5.91 Å². The molecular formula is C15H20N2O3S2. The molecule has 5 nitrogen and oxygen atoms in total. The Kier molecular flexibility index (Phi) is 6.33. The van der Waals surface area contributed by atoms with Crippen LogP contribution in [0.4, 0.5) is 5.69 Å². The maximum absolute atomic E-state index is 12.0. The molecule has 1 fully saturated rings. The highest BCUT2D eigenvalue weighted by atomic mass is 32.2. The van der Waals surface area contributed by atoms with Crippen LogP contribution in [0.15, 0.2) is 18.2 Å². The molecule has 7 heteroatoms. The van der Waals surface area contributed by atoms with Gasteiger partial charge in [0.1, 0.15) is 4.32 Å². The van der Waals surface area contributed by atoms with E-state index in [1.54, 1.807) is 32.4 Å². The molecule has 0 saturated carbocycles. The van der Waals surface area contributed by atoms with Crippen LogP contribution >= 0.6 is 24.0 Å². The van der Waals surface area contributed by atoms with Crippen molar-refractivity contribution in [2.24, 2.45) is 0 Å². The second-order valence-electron chi connectivity index (χ2n) is 4.87. The summed E-state index contributed by atoms with van der Waals surface area (Å²) in [6.07, 6.45) is 2.36. The summed E-state index contributed by atoms with van der Waals surface area (Å²) in [6, 6.07) is 5.28. The van der Waals surface area contributed by atoms with E-state index in [4.69, 9.17) is 21.7 Å². The lowest BCUT2D eigenvalue weighted by atomic mass is 10.2. The number of methoxy groups -OCH3 is 2. The first-order valence-corrected chi connectivity index (χ1v) is 8.47. The minimum absolute atomic E-state index is 0.0845. The number of thiocarbonyl (C=S) groups is 1. The van der Waals surface area contributed by atoms with Gasteiger partial charge in [-0.1, -0.05) is 24.0 Å². The van der Waals surface area contributed by atoms with Gasteiger partial charge in [-0.2, -0.15) is 0 Å². The molecule has 0 spiro atoms. The molecule has 0 aliphatic carbocycles. The Morgan fingerprint density at radius 2 is 1.95 bits per heavy atom. The molecule has 0 atom stereocenters. The molecule has 0 unspecified atom stereocenters. The molecule has 1 aliphatic heterocycles. The number of hydrogen-bond acceptors (Lipinski definition) is 5. The van der Waals surface area contributed by atoms with Crippen LogP contribution < -0.4 is 14.8 Å². The fourth-order valence-electron chi connectivity index (χ4n) is 2.23. The Labute approximate surface area is 140 Å². The van der Waals surface area contributed by atoms with E-state index in [0.717, 1.165) is 17.4 Å². The molecular weight excluding hydrogens is 320 g/mol.